The number of imide groups is 1. The predicted molar refractivity (Wildman–Crippen MR) is 79.0 cm³/mol. The average Bonchev–Trinajstić information content (AvgIpc) is 3.16. The van der Waals surface area contributed by atoms with Gasteiger partial charge in [-0.3, -0.25) is 14.5 Å². The van der Waals surface area contributed by atoms with Gasteiger partial charge in [-0.05, 0) is 25.0 Å². The minimum absolute atomic E-state index is 0.125. The summed E-state index contributed by atoms with van der Waals surface area (Å²) in [6, 6.07) is 7.71. The maximum Gasteiger partial charge on any atom is 0.490 e. The summed E-state index contributed by atoms with van der Waals surface area (Å²) < 4.78 is 31.7. The number of carbonyl (C=O) groups excluding carboxylic acids is 2. The van der Waals surface area contributed by atoms with Crippen LogP contribution in [0.1, 0.15) is 33.6 Å². The first kappa shape index (κ1) is 17.4. The Morgan fingerprint density at radius 2 is 1.68 bits per heavy atom. The van der Waals surface area contributed by atoms with Crippen molar-refractivity contribution in [2.45, 2.75) is 25.1 Å². The number of nitrogens with zero attached hydrogens (tertiary/aromatic N) is 1. The molecule has 3 aliphatic heterocycles. The average molecular weight is 356 g/mol. The highest BCUT2D eigenvalue weighted by molar-refractivity contribution is 6.21. The first-order valence-corrected chi connectivity index (χ1v) is 7.62. The summed E-state index contributed by atoms with van der Waals surface area (Å²) in [6.07, 6.45) is -2.89. The fraction of sp³-hybridized carbons (Fsp3) is 0.438. The largest absolute Gasteiger partial charge is 0.490 e. The highest BCUT2D eigenvalue weighted by Crippen LogP contribution is 2.47. The number of alkyl halides is 3. The fourth-order valence-corrected chi connectivity index (χ4v) is 3.54. The van der Waals surface area contributed by atoms with Crippen LogP contribution >= 0.6 is 0 Å². The van der Waals surface area contributed by atoms with Gasteiger partial charge in [-0.1, -0.05) is 12.1 Å². The van der Waals surface area contributed by atoms with Crippen molar-refractivity contribution in [3.63, 3.8) is 0 Å². The van der Waals surface area contributed by atoms with E-state index < -0.39 is 12.1 Å². The first-order chi connectivity index (χ1) is 11.6. The van der Waals surface area contributed by atoms with E-state index in [0.29, 0.717) is 23.7 Å². The van der Waals surface area contributed by atoms with Gasteiger partial charge in [0.1, 0.15) is 0 Å². The van der Waals surface area contributed by atoms with E-state index in [1.54, 1.807) is 12.1 Å². The molecule has 5 rings (SSSR count). The van der Waals surface area contributed by atoms with Crippen molar-refractivity contribution in [1.82, 2.24) is 10.2 Å². The number of carboxylic acids is 1. The summed E-state index contributed by atoms with van der Waals surface area (Å²) >= 11 is 0. The van der Waals surface area contributed by atoms with Crippen molar-refractivity contribution in [3.05, 3.63) is 35.4 Å². The molecule has 2 amide bonds. The van der Waals surface area contributed by atoms with Crippen molar-refractivity contribution in [2.24, 2.45) is 5.41 Å². The molecule has 1 aliphatic carbocycles. The number of hydrogen-bond acceptors (Lipinski definition) is 4. The number of carboxylic acid groups (broad SMARTS) is 1. The summed E-state index contributed by atoms with van der Waals surface area (Å²) in [5, 5.41) is 10.5. The molecule has 0 unspecified atom stereocenters. The molecule has 1 aromatic carbocycles. The lowest BCUT2D eigenvalue weighted by Crippen LogP contribution is -2.46. The van der Waals surface area contributed by atoms with Crippen LogP contribution in [0.3, 0.4) is 0 Å². The molecule has 0 radical (unpaired) electrons. The lowest BCUT2D eigenvalue weighted by atomic mass is 9.70. The first-order valence-electron chi connectivity index (χ1n) is 7.62. The van der Waals surface area contributed by atoms with Gasteiger partial charge in [0.25, 0.3) is 11.8 Å². The fourth-order valence-electron chi connectivity index (χ4n) is 3.54. The number of amides is 2. The lowest BCUT2D eigenvalue weighted by Gasteiger charge is -2.39. The number of carbonyl (C=O) groups is 3. The SMILES string of the molecule is O=C(O)C(F)(F)F.O=C1c2ccccc2C(=O)N1CC12CNC(C1)C2. The zero-order chi connectivity index (χ0) is 18.4. The number of nitrogens with one attached hydrogen (secondary N) is 1. The molecule has 134 valence electrons. The van der Waals surface area contributed by atoms with Crippen molar-refractivity contribution < 1.29 is 32.7 Å². The molecule has 2 bridgehead atoms. The number of rotatable bonds is 2. The van der Waals surface area contributed by atoms with Crippen molar-refractivity contribution >= 4 is 17.8 Å². The molecule has 2 saturated heterocycles. The summed E-state index contributed by atoms with van der Waals surface area (Å²) in [5.41, 5.74) is 1.26. The maximum absolute atomic E-state index is 12.2. The van der Waals surface area contributed by atoms with E-state index in [4.69, 9.17) is 9.90 Å². The van der Waals surface area contributed by atoms with Gasteiger partial charge in [0.05, 0.1) is 11.1 Å². The third-order valence-electron chi connectivity index (χ3n) is 4.74. The van der Waals surface area contributed by atoms with E-state index >= 15 is 0 Å². The van der Waals surface area contributed by atoms with E-state index in [-0.39, 0.29) is 17.2 Å². The number of halogens is 3. The molecule has 2 N–H and O–H groups in total. The second-order valence-corrected chi connectivity index (χ2v) is 6.53. The molecule has 0 atom stereocenters. The molecule has 6 nitrogen and oxygen atoms in total. The van der Waals surface area contributed by atoms with Crippen LogP contribution < -0.4 is 5.32 Å². The minimum atomic E-state index is -5.08. The van der Waals surface area contributed by atoms with Gasteiger partial charge >= 0.3 is 12.1 Å². The topological polar surface area (TPSA) is 86.7 Å². The Hall–Kier alpha value is -2.42. The minimum Gasteiger partial charge on any atom is -0.475 e. The van der Waals surface area contributed by atoms with Crippen LogP contribution in [0.2, 0.25) is 0 Å². The highest BCUT2D eigenvalue weighted by atomic mass is 19.4. The molecule has 4 aliphatic rings. The normalized spacial score (nSPS) is 26.7. The second kappa shape index (κ2) is 5.83. The summed E-state index contributed by atoms with van der Waals surface area (Å²) in [4.78, 5) is 34.8. The van der Waals surface area contributed by atoms with E-state index in [2.05, 4.69) is 5.32 Å². The number of aliphatic carboxylic acids is 1. The van der Waals surface area contributed by atoms with Crippen molar-refractivity contribution in [2.75, 3.05) is 13.1 Å². The molecule has 3 fully saturated rings. The lowest BCUT2D eigenvalue weighted by molar-refractivity contribution is -0.192. The summed E-state index contributed by atoms with van der Waals surface area (Å²) in [5.74, 6) is -3.01. The standard InChI is InChI=1S/C14H14N2O2.C2HF3O2/c17-12-10-3-1-2-4-11(10)13(18)16(12)8-14-5-9(6-14)15-7-14;3-2(4,5)1(6)7/h1-4,9,15H,5-8H2;(H,6,7). The molecular formula is C16H15F3N2O4. The zero-order valence-corrected chi connectivity index (χ0v) is 13.0. The molecule has 3 heterocycles. The van der Waals surface area contributed by atoms with Crippen molar-refractivity contribution in [3.8, 4) is 0 Å². The highest BCUT2D eigenvalue weighted by Gasteiger charge is 2.53. The monoisotopic (exact) mass is 356 g/mol. The van der Waals surface area contributed by atoms with Crippen LogP contribution in [0.4, 0.5) is 13.2 Å². The molecular weight excluding hydrogens is 341 g/mol. The van der Waals surface area contributed by atoms with E-state index in [0.717, 1.165) is 19.4 Å². The molecule has 0 aromatic heterocycles. The van der Waals surface area contributed by atoms with Gasteiger partial charge in [-0.25, -0.2) is 4.79 Å². The van der Waals surface area contributed by atoms with Crippen LogP contribution in [-0.4, -0.2) is 53.1 Å². The van der Waals surface area contributed by atoms with Gasteiger partial charge in [0.15, 0.2) is 0 Å². The Morgan fingerprint density at radius 3 is 2.04 bits per heavy atom. The predicted octanol–water partition coefficient (Wildman–Crippen LogP) is 1.67. The second-order valence-electron chi connectivity index (χ2n) is 6.53. The smallest absolute Gasteiger partial charge is 0.475 e. The Bertz CT molecular complexity index is 701. The number of hydrogen-bond donors (Lipinski definition) is 2. The Labute approximate surface area is 140 Å². The summed E-state index contributed by atoms with van der Waals surface area (Å²) in [6.45, 7) is 1.51. The Kier molecular flexibility index (Phi) is 4.06. The van der Waals surface area contributed by atoms with Crippen LogP contribution in [0.15, 0.2) is 24.3 Å². The van der Waals surface area contributed by atoms with E-state index in [1.165, 1.54) is 4.90 Å². The van der Waals surface area contributed by atoms with Crippen LogP contribution in [-0.2, 0) is 4.79 Å². The van der Waals surface area contributed by atoms with Crippen LogP contribution in [0.5, 0.6) is 0 Å². The quantitative estimate of drug-likeness (QED) is 0.787. The Morgan fingerprint density at radius 1 is 1.20 bits per heavy atom. The molecule has 0 spiro atoms. The van der Waals surface area contributed by atoms with E-state index in [9.17, 15) is 22.8 Å². The van der Waals surface area contributed by atoms with Gasteiger partial charge < -0.3 is 10.4 Å². The van der Waals surface area contributed by atoms with Crippen LogP contribution in [0, 0.1) is 5.41 Å². The number of benzene rings is 1. The molecule has 1 saturated carbocycles. The van der Waals surface area contributed by atoms with Gasteiger partial charge in [0.2, 0.25) is 0 Å². The van der Waals surface area contributed by atoms with Gasteiger partial charge in [-0.2, -0.15) is 13.2 Å². The van der Waals surface area contributed by atoms with Gasteiger partial charge in [0, 0.05) is 24.5 Å². The Balaban J connectivity index is 0.000000225. The third kappa shape index (κ3) is 3.11. The van der Waals surface area contributed by atoms with Crippen molar-refractivity contribution in [1.29, 1.82) is 0 Å². The van der Waals surface area contributed by atoms with E-state index in [1.807, 2.05) is 12.1 Å². The number of fused-ring (bicyclic) bond motifs is 2. The molecule has 9 heteroatoms. The van der Waals surface area contributed by atoms with Gasteiger partial charge in [-0.15, -0.1) is 0 Å². The molecule has 1 aromatic rings. The zero-order valence-electron chi connectivity index (χ0n) is 13.0. The third-order valence-corrected chi connectivity index (χ3v) is 4.74. The summed E-state index contributed by atoms with van der Waals surface area (Å²) in [7, 11) is 0. The molecule has 25 heavy (non-hydrogen) atoms. The maximum atomic E-state index is 12.2. The van der Waals surface area contributed by atoms with Crippen LogP contribution in [0.25, 0.3) is 0 Å².